The average molecular weight is 603 g/mol. The van der Waals surface area contributed by atoms with Gasteiger partial charge in [-0.3, -0.25) is 0 Å². The zero-order chi connectivity index (χ0) is 24.8. The topological polar surface area (TPSA) is 93.4 Å². The number of primary amides is 1. The van der Waals surface area contributed by atoms with Gasteiger partial charge in [0.05, 0.1) is 0 Å². The van der Waals surface area contributed by atoms with E-state index in [0.29, 0.717) is 25.9 Å². The van der Waals surface area contributed by atoms with E-state index >= 15 is 0 Å². The molecule has 0 saturated carbocycles. The number of methoxy groups -OCH3 is 1. The Bertz CT molecular complexity index is 1210. The fourth-order valence-corrected chi connectivity index (χ4v) is 7.02. The zero-order valence-electron chi connectivity index (χ0n) is 19.4. The van der Waals surface area contributed by atoms with Crippen LogP contribution in [0.3, 0.4) is 0 Å². The number of halogens is 2. The molecule has 0 fully saturated rings. The average Bonchev–Trinajstić information content (AvgIpc) is 3.06. The van der Waals surface area contributed by atoms with Gasteiger partial charge in [0.1, 0.15) is 0 Å². The quantitative estimate of drug-likeness (QED) is 0.365. The number of hydrogen-bond acceptors (Lipinski definition) is 6. The molecule has 2 heterocycles. The predicted octanol–water partition coefficient (Wildman–Crippen LogP) is 2.25. The number of carbonyl (C=O) groups excluding carboxylic acids is 1. The molecule has 1 radical (unpaired) electrons. The number of amides is 1. The Balaban J connectivity index is 1.53. The summed E-state index contributed by atoms with van der Waals surface area (Å²) in [6, 6.07) is 11.3. The number of alkyl halides is 1. The second-order valence-electron chi connectivity index (χ2n) is 8.23. The van der Waals surface area contributed by atoms with Gasteiger partial charge in [0.25, 0.3) is 0 Å². The third-order valence-electron chi connectivity index (χ3n) is 5.94. The predicted molar refractivity (Wildman–Crippen MR) is 140 cm³/mol. The third-order valence-corrected chi connectivity index (χ3v) is 9.92. The summed E-state index contributed by atoms with van der Waals surface area (Å²) in [7, 11) is 1.73. The minimum absolute atomic E-state index is 0.338. The van der Waals surface area contributed by atoms with Crippen molar-refractivity contribution in [2.24, 2.45) is 5.73 Å². The van der Waals surface area contributed by atoms with Crippen molar-refractivity contribution in [3.63, 3.8) is 0 Å². The minimum atomic E-state index is -0.804. The number of ether oxygens (including phenoxy) is 1. The monoisotopic (exact) mass is 602 g/mol. The number of nitrogens with zero attached hydrogens (tertiary/aromatic N) is 3. The number of aromatic nitrogens is 2. The van der Waals surface area contributed by atoms with Crippen LogP contribution in [0.2, 0.25) is 0 Å². The fourth-order valence-electron chi connectivity index (χ4n) is 4.06. The maximum atomic E-state index is 13.6. The van der Waals surface area contributed by atoms with Gasteiger partial charge in [-0.1, -0.05) is 0 Å². The second kappa shape index (κ2) is 12.1. The Morgan fingerprint density at radius 1 is 1.26 bits per heavy atom. The number of rotatable bonds is 9. The van der Waals surface area contributed by atoms with Crippen LogP contribution >= 0.6 is 15.9 Å². The van der Waals surface area contributed by atoms with E-state index < -0.39 is 28.3 Å². The first-order chi connectivity index (χ1) is 17.0. The van der Waals surface area contributed by atoms with Crippen LogP contribution in [0.15, 0.2) is 47.1 Å². The maximum absolute atomic E-state index is 13.6. The van der Waals surface area contributed by atoms with Crippen molar-refractivity contribution >= 4 is 58.1 Å². The first-order valence-corrected chi connectivity index (χ1v) is 14.0. The fraction of sp³-hybridized carbons (Fsp3) is 0.320. The molecule has 4 rings (SSSR count). The van der Waals surface area contributed by atoms with Crippen LogP contribution in [0.4, 0.5) is 16.0 Å². The number of anilines is 2. The SMILES string of the molecule is COCCN1CCc2ccc(Nc3ncc(Br)c([As]c4c(CF)cccc4C(N)=O)n3)cc2CC1. The Hall–Kier alpha value is -2.32. The van der Waals surface area contributed by atoms with Crippen LogP contribution in [-0.4, -0.2) is 69.9 Å². The summed E-state index contributed by atoms with van der Waals surface area (Å²) in [5.74, 6) is -0.118. The van der Waals surface area contributed by atoms with Gasteiger partial charge in [-0.05, 0) is 0 Å². The summed E-state index contributed by atoms with van der Waals surface area (Å²) in [5, 5.41) is 3.31. The summed E-state index contributed by atoms with van der Waals surface area (Å²) in [6.07, 6.45) is 3.67. The van der Waals surface area contributed by atoms with Gasteiger partial charge >= 0.3 is 208 Å². The Morgan fingerprint density at radius 3 is 2.80 bits per heavy atom. The van der Waals surface area contributed by atoms with Gasteiger partial charge in [0.15, 0.2) is 0 Å². The van der Waals surface area contributed by atoms with Crippen molar-refractivity contribution in [2.75, 3.05) is 38.7 Å². The van der Waals surface area contributed by atoms with E-state index in [-0.39, 0.29) is 0 Å². The van der Waals surface area contributed by atoms with Crippen molar-refractivity contribution in [3.8, 4) is 0 Å². The molecule has 0 atom stereocenters. The molecule has 3 N–H and O–H groups in total. The number of carbonyl (C=O) groups is 1. The molecule has 7 nitrogen and oxygen atoms in total. The molecule has 3 aromatic rings. The molecule has 35 heavy (non-hydrogen) atoms. The molecule has 0 aliphatic carbocycles. The molecule has 183 valence electrons. The first-order valence-electron chi connectivity index (χ1n) is 11.3. The summed E-state index contributed by atoms with van der Waals surface area (Å²) in [5.41, 5.74) is 9.95. The zero-order valence-corrected chi connectivity index (χ0v) is 22.9. The van der Waals surface area contributed by atoms with Crippen molar-refractivity contribution in [2.45, 2.75) is 19.5 Å². The van der Waals surface area contributed by atoms with E-state index in [1.807, 2.05) is 6.07 Å². The summed E-state index contributed by atoms with van der Waals surface area (Å²) >= 11 is 2.71. The van der Waals surface area contributed by atoms with E-state index in [1.165, 1.54) is 11.1 Å². The van der Waals surface area contributed by atoms with Gasteiger partial charge in [0.2, 0.25) is 0 Å². The third kappa shape index (κ3) is 6.47. The van der Waals surface area contributed by atoms with Crippen LogP contribution in [0.1, 0.15) is 27.0 Å². The van der Waals surface area contributed by atoms with Gasteiger partial charge in [-0.25, -0.2) is 0 Å². The van der Waals surface area contributed by atoms with E-state index in [9.17, 15) is 9.18 Å². The standard InChI is InChI=1S/C25H27AsBrFN5O2/c1-35-12-11-33-9-7-16-5-6-19(13-17(16)8-10-33)31-25-30-15-21(27)23(32-25)26-22-18(14-28)3-2-4-20(22)24(29)34/h2-6,13,15H,7-12,14H2,1H3,(H2,29,34)(H,30,31,32). The summed E-state index contributed by atoms with van der Waals surface area (Å²) < 4.78 is 20.9. The Labute approximate surface area is 219 Å². The van der Waals surface area contributed by atoms with E-state index in [0.717, 1.165) is 49.3 Å². The molecule has 0 saturated heterocycles. The van der Waals surface area contributed by atoms with E-state index in [2.05, 4.69) is 43.3 Å². The number of nitrogens with one attached hydrogen (secondary N) is 1. The van der Waals surface area contributed by atoms with Crippen LogP contribution in [-0.2, 0) is 24.3 Å². The van der Waals surface area contributed by atoms with Crippen LogP contribution < -0.4 is 19.9 Å². The summed E-state index contributed by atoms with van der Waals surface area (Å²) in [4.78, 5) is 23.5. The molecule has 0 spiro atoms. The van der Waals surface area contributed by atoms with Gasteiger partial charge in [0, 0.05) is 7.11 Å². The Morgan fingerprint density at radius 2 is 2.06 bits per heavy atom. The molecular formula is C25H27AsBrFN5O2. The van der Waals surface area contributed by atoms with Crippen LogP contribution in [0.25, 0.3) is 0 Å². The summed E-state index contributed by atoms with van der Waals surface area (Å²) in [6.45, 7) is 3.04. The van der Waals surface area contributed by atoms with Crippen LogP contribution in [0.5, 0.6) is 0 Å². The second-order valence-corrected chi connectivity index (χ2v) is 11.4. The number of nitrogens with two attached hydrogens (primary N) is 1. The van der Waals surface area contributed by atoms with Crippen LogP contribution in [0, 0.1) is 0 Å². The molecule has 1 aliphatic heterocycles. The molecule has 1 amide bonds. The molecule has 0 bridgehead atoms. The molecule has 0 unspecified atom stereocenters. The van der Waals surface area contributed by atoms with Crippen molar-refractivity contribution in [1.82, 2.24) is 14.9 Å². The number of fused-ring (bicyclic) bond motifs is 1. The molecule has 2 aromatic carbocycles. The molecule has 1 aliphatic rings. The molecular weight excluding hydrogens is 576 g/mol. The number of hydrogen-bond donors (Lipinski definition) is 2. The first kappa shape index (κ1) is 25.8. The van der Waals surface area contributed by atoms with Gasteiger partial charge in [-0.2, -0.15) is 0 Å². The van der Waals surface area contributed by atoms with E-state index in [1.54, 1.807) is 31.5 Å². The Kier molecular flexibility index (Phi) is 8.89. The van der Waals surface area contributed by atoms with E-state index in [4.69, 9.17) is 15.5 Å². The van der Waals surface area contributed by atoms with Crippen molar-refractivity contribution in [3.05, 3.63) is 69.3 Å². The van der Waals surface area contributed by atoms with Gasteiger partial charge < -0.3 is 4.74 Å². The van der Waals surface area contributed by atoms with Gasteiger partial charge in [-0.15, -0.1) is 0 Å². The number of benzene rings is 2. The molecule has 1 aromatic heterocycles. The molecule has 10 heteroatoms. The van der Waals surface area contributed by atoms with Crippen molar-refractivity contribution in [1.29, 1.82) is 0 Å². The van der Waals surface area contributed by atoms with Crippen molar-refractivity contribution < 1.29 is 13.9 Å². The normalized spacial score (nSPS) is 14.1.